The minimum atomic E-state index is -0.530. The first-order valence-corrected chi connectivity index (χ1v) is 22.3. The Kier molecular flexibility index (Phi) is 11.6. The molecule has 7 nitrogen and oxygen atoms in total. The van der Waals surface area contributed by atoms with Gasteiger partial charge in [0.15, 0.2) is 0 Å². The Hall–Kier alpha value is -5.87. The number of allylic oxidation sites excluding steroid dienone is 4. The summed E-state index contributed by atoms with van der Waals surface area (Å²) < 4.78 is 21.1. The molecule has 6 aromatic rings. The van der Waals surface area contributed by atoms with E-state index in [-0.39, 0.29) is 6.04 Å². The molecule has 2 aliphatic rings. The third-order valence-electron chi connectivity index (χ3n) is 11.9. The number of thiazole rings is 2. The van der Waals surface area contributed by atoms with Crippen molar-refractivity contribution in [3.05, 3.63) is 141 Å². The number of para-hydroxylation sites is 2. The highest BCUT2D eigenvalue weighted by atomic mass is 32.1. The molecule has 59 heavy (non-hydrogen) atoms. The minimum absolute atomic E-state index is 0.365. The van der Waals surface area contributed by atoms with Crippen molar-refractivity contribution in [1.82, 2.24) is 0 Å². The number of nitrogens with zero attached hydrogens (tertiary/aromatic N) is 5. The monoisotopic (exact) mass is 816 g/mol. The second-order valence-electron chi connectivity index (χ2n) is 15.4. The number of rotatable bonds is 14. The van der Waals surface area contributed by atoms with Crippen LogP contribution in [-0.2, 0) is 14.1 Å². The van der Waals surface area contributed by atoms with Gasteiger partial charge in [0.2, 0.25) is 28.7 Å². The predicted molar refractivity (Wildman–Crippen MR) is 239 cm³/mol. The van der Waals surface area contributed by atoms with Gasteiger partial charge < -0.3 is 9.47 Å². The van der Waals surface area contributed by atoms with Crippen molar-refractivity contribution in [2.24, 2.45) is 20.0 Å². The van der Waals surface area contributed by atoms with Crippen LogP contribution in [0.3, 0.4) is 0 Å². The summed E-state index contributed by atoms with van der Waals surface area (Å²) >= 11 is 3.30. The maximum atomic E-state index is 11.3. The molecule has 0 saturated heterocycles. The third kappa shape index (κ3) is 7.28. The van der Waals surface area contributed by atoms with Crippen molar-refractivity contribution < 1.29 is 23.2 Å². The molecular weight excluding hydrogens is 767 g/mol. The van der Waals surface area contributed by atoms with Crippen LogP contribution in [0.2, 0.25) is 0 Å². The molecule has 3 atom stereocenters. The highest BCUT2D eigenvalue weighted by molar-refractivity contribution is 7.19. The molecule has 0 radical (unpaired) electrons. The summed E-state index contributed by atoms with van der Waals surface area (Å²) in [5.41, 5.74) is 9.66. The number of hydrogen-bond acceptors (Lipinski definition) is 6. The van der Waals surface area contributed by atoms with E-state index >= 15 is 0 Å². The Morgan fingerprint density at radius 2 is 1.39 bits per heavy atom. The fourth-order valence-electron chi connectivity index (χ4n) is 8.74. The van der Waals surface area contributed by atoms with Gasteiger partial charge in [-0.1, -0.05) is 92.2 Å². The maximum Gasteiger partial charge on any atom is 0.281 e. The molecule has 0 bridgehead atoms. The highest BCUT2D eigenvalue weighted by Crippen LogP contribution is 2.50. The Balaban J connectivity index is 1.35. The molecule has 0 N–H and O–H groups in total. The number of fused-ring (bicyclic) bond motifs is 2. The van der Waals surface area contributed by atoms with E-state index in [1.54, 1.807) is 22.7 Å². The van der Waals surface area contributed by atoms with Crippen LogP contribution in [0.25, 0.3) is 31.6 Å². The first-order valence-electron chi connectivity index (χ1n) is 20.6. The van der Waals surface area contributed by atoms with Crippen molar-refractivity contribution >= 4 is 60.0 Å². The second-order valence-corrected chi connectivity index (χ2v) is 17.5. The van der Waals surface area contributed by atoms with Crippen LogP contribution in [0.15, 0.2) is 120 Å². The van der Waals surface area contributed by atoms with Crippen LogP contribution < -0.4 is 18.6 Å². The van der Waals surface area contributed by atoms with E-state index in [0.717, 1.165) is 87.5 Å². The van der Waals surface area contributed by atoms with E-state index in [0.29, 0.717) is 24.7 Å². The Morgan fingerprint density at radius 3 is 1.98 bits per heavy atom. The lowest BCUT2D eigenvalue weighted by molar-refractivity contribution is -0.652. The fourth-order valence-corrected chi connectivity index (χ4v) is 11.1. The molecule has 1 aliphatic carbocycles. The first-order chi connectivity index (χ1) is 28.8. The lowest BCUT2D eigenvalue weighted by Gasteiger charge is -2.18. The summed E-state index contributed by atoms with van der Waals surface area (Å²) in [6, 6.07) is 38.4. The van der Waals surface area contributed by atoms with Gasteiger partial charge in [0.1, 0.15) is 53.7 Å². The molecule has 296 valence electrons. The van der Waals surface area contributed by atoms with Gasteiger partial charge in [0.05, 0.1) is 24.9 Å². The number of likely N-dealkylation sites (N-methyl/N-ethyl adjacent to an activating group) is 1. The number of nitriles is 2. The Labute approximate surface area is 355 Å². The van der Waals surface area contributed by atoms with Crippen LogP contribution >= 0.6 is 22.7 Å². The molecule has 0 fully saturated rings. The SMILES string of the molecule is CCCCC(CC)COc1ccc(C2=C/C(=C(/C#N)c3sc4ccccc4[n+]3C)C3=C2C(C(C#N)c2sc4ccccc4[n+]2C)[N+](C)=C3c2ccc(OCC)cc2)cc1. The van der Waals surface area contributed by atoms with E-state index in [1.807, 2.05) is 44.3 Å². The molecule has 0 spiro atoms. The summed E-state index contributed by atoms with van der Waals surface area (Å²) in [7, 11) is 6.21. The maximum absolute atomic E-state index is 11.3. The lowest BCUT2D eigenvalue weighted by Crippen LogP contribution is -2.39. The van der Waals surface area contributed by atoms with Crippen LogP contribution in [0.4, 0.5) is 0 Å². The zero-order valence-electron chi connectivity index (χ0n) is 34.7. The zero-order valence-corrected chi connectivity index (χ0v) is 36.3. The van der Waals surface area contributed by atoms with E-state index < -0.39 is 5.92 Å². The van der Waals surface area contributed by atoms with Gasteiger partial charge in [-0.25, -0.2) is 4.58 Å². The van der Waals surface area contributed by atoms with E-state index in [2.05, 4.69) is 127 Å². The van der Waals surface area contributed by atoms with Crippen LogP contribution in [-0.4, -0.2) is 36.6 Å². The average molecular weight is 817 g/mol. The third-order valence-corrected chi connectivity index (χ3v) is 14.4. The van der Waals surface area contributed by atoms with Crippen molar-refractivity contribution in [2.45, 2.75) is 58.4 Å². The molecule has 2 aromatic heterocycles. The van der Waals surface area contributed by atoms with Crippen molar-refractivity contribution in [3.63, 3.8) is 0 Å². The minimum Gasteiger partial charge on any atom is -0.494 e. The number of unbranched alkanes of at least 4 members (excludes halogenated alkanes) is 1. The first kappa shape index (κ1) is 39.9. The molecular formula is C50H50N5O2S2+3. The molecule has 0 amide bonds. The Morgan fingerprint density at radius 1 is 0.763 bits per heavy atom. The second kappa shape index (κ2) is 17.2. The van der Waals surface area contributed by atoms with Gasteiger partial charge in [-0.2, -0.15) is 19.7 Å². The molecule has 0 saturated carbocycles. The molecule has 4 aromatic carbocycles. The number of aryl methyl sites for hydroxylation is 2. The van der Waals surface area contributed by atoms with Crippen molar-refractivity contribution in [3.8, 4) is 23.6 Å². The normalized spacial score (nSPS) is 16.9. The van der Waals surface area contributed by atoms with E-state index in [4.69, 9.17) is 9.47 Å². The van der Waals surface area contributed by atoms with Gasteiger partial charge in [-0.3, -0.25) is 0 Å². The predicted octanol–water partition coefficient (Wildman–Crippen LogP) is 10.3. The molecule has 3 heterocycles. The van der Waals surface area contributed by atoms with Crippen LogP contribution in [0, 0.1) is 28.6 Å². The smallest absolute Gasteiger partial charge is 0.281 e. The standard InChI is InChI=1S/C50H50N5O2S2/c1-7-10-15-32(8-2)31-57-36-24-20-33(21-25-36)37-28-38(39(29-51)49-53(4)41-16-11-13-18-43(41)58-49)46-45(37)48(55(6)47(46)34-22-26-35(27-23-34)56-9-3)40(30-52)50-54(5)42-17-12-14-19-44(42)59-50/h11-14,16-28,32,40,48H,7-10,15,31H2,1-6H3/q+3/b39-38+. The van der Waals surface area contributed by atoms with E-state index in [9.17, 15) is 10.5 Å². The van der Waals surface area contributed by atoms with Gasteiger partial charge in [-0.15, -0.1) is 0 Å². The number of ether oxygens (including phenoxy) is 2. The van der Waals surface area contributed by atoms with E-state index in [1.165, 1.54) is 19.3 Å². The molecule has 1 aliphatic heterocycles. The van der Waals surface area contributed by atoms with Gasteiger partial charge in [0.25, 0.3) is 10.0 Å². The summed E-state index contributed by atoms with van der Waals surface area (Å²) in [5, 5.41) is 24.4. The quantitative estimate of drug-likeness (QED) is 0.0811. The number of benzene rings is 4. The molecule has 9 heteroatoms. The van der Waals surface area contributed by atoms with Gasteiger partial charge in [0, 0.05) is 28.8 Å². The lowest BCUT2D eigenvalue weighted by atomic mass is 9.86. The van der Waals surface area contributed by atoms with Crippen molar-refractivity contribution in [2.75, 3.05) is 20.3 Å². The van der Waals surface area contributed by atoms with Gasteiger partial charge in [-0.05, 0) is 85.0 Å². The number of aromatic nitrogens is 2. The van der Waals surface area contributed by atoms with Crippen LogP contribution in [0.1, 0.15) is 73.5 Å². The fraction of sp³-hybridized carbons (Fsp3) is 0.300. The van der Waals surface area contributed by atoms with Crippen LogP contribution in [0.5, 0.6) is 11.5 Å². The van der Waals surface area contributed by atoms with Crippen molar-refractivity contribution in [1.29, 1.82) is 10.5 Å². The molecule has 3 unspecified atom stereocenters. The highest BCUT2D eigenvalue weighted by Gasteiger charge is 2.53. The molecule has 8 rings (SSSR count). The zero-order chi connectivity index (χ0) is 41.2. The Bertz CT molecular complexity index is 2770. The summed E-state index contributed by atoms with van der Waals surface area (Å²) in [6.07, 6.45) is 6.86. The summed E-state index contributed by atoms with van der Waals surface area (Å²) in [4.78, 5) is 0. The summed E-state index contributed by atoms with van der Waals surface area (Å²) in [6.45, 7) is 7.73. The van der Waals surface area contributed by atoms with Gasteiger partial charge >= 0.3 is 0 Å². The number of hydrogen-bond donors (Lipinski definition) is 0. The topological polar surface area (TPSA) is 76.8 Å². The summed E-state index contributed by atoms with van der Waals surface area (Å²) in [5.74, 6) is 1.63. The largest absolute Gasteiger partial charge is 0.494 e. The average Bonchev–Trinajstić information content (AvgIpc) is 3.99.